The summed E-state index contributed by atoms with van der Waals surface area (Å²) in [5.41, 5.74) is -0.983. The summed E-state index contributed by atoms with van der Waals surface area (Å²) in [6.45, 7) is 0. The monoisotopic (exact) mass is 386 g/mol. The number of sulfonamides is 1. The third-order valence-electron chi connectivity index (χ3n) is 3.40. The van der Waals surface area contributed by atoms with Crippen molar-refractivity contribution in [3.8, 4) is 17.1 Å². The molecule has 3 aromatic rings. The first kappa shape index (κ1) is 18.0. The Morgan fingerprint density at radius 3 is 2.27 bits per heavy atom. The summed E-state index contributed by atoms with van der Waals surface area (Å²) >= 11 is 0. The Kier molecular flexibility index (Phi) is 4.28. The van der Waals surface area contributed by atoms with E-state index in [2.05, 4.69) is 9.97 Å². The zero-order valence-electron chi connectivity index (χ0n) is 12.8. The van der Waals surface area contributed by atoms with Gasteiger partial charge in [-0.15, -0.1) is 0 Å². The number of nitrogens with zero attached hydrogens (tertiary/aromatic N) is 3. The van der Waals surface area contributed by atoms with Crippen molar-refractivity contribution in [3.63, 3.8) is 0 Å². The fourth-order valence-electron chi connectivity index (χ4n) is 2.25. The number of alkyl halides is 3. The summed E-state index contributed by atoms with van der Waals surface area (Å²) in [7, 11) is -3.95. The number of nitrogens with two attached hydrogens (primary N) is 1. The quantitative estimate of drug-likeness (QED) is 0.701. The van der Waals surface area contributed by atoms with E-state index in [0.717, 1.165) is 35.2 Å². The number of primary sulfonamides is 1. The topological polar surface area (TPSA) is 90.9 Å². The van der Waals surface area contributed by atoms with Gasteiger partial charge in [0.15, 0.2) is 5.69 Å². The molecule has 26 heavy (non-hydrogen) atoms. The lowest BCUT2D eigenvalue weighted by atomic mass is 10.2. The molecule has 3 rings (SSSR count). The van der Waals surface area contributed by atoms with E-state index in [9.17, 15) is 26.0 Å². The number of imidazole rings is 1. The molecular formula is C15H10F4N4O2S. The second-order valence-corrected chi connectivity index (χ2v) is 6.81. The normalized spacial score (nSPS) is 12.3. The molecule has 0 aliphatic carbocycles. The molecule has 1 aromatic carbocycles. The van der Waals surface area contributed by atoms with Crippen molar-refractivity contribution in [1.82, 2.24) is 14.5 Å². The van der Waals surface area contributed by atoms with Crippen LogP contribution in [0.25, 0.3) is 17.1 Å². The highest BCUT2D eigenvalue weighted by atomic mass is 32.2. The van der Waals surface area contributed by atoms with Gasteiger partial charge in [-0.2, -0.15) is 13.2 Å². The van der Waals surface area contributed by atoms with E-state index in [-0.39, 0.29) is 22.0 Å². The molecule has 2 aromatic heterocycles. The number of rotatable bonds is 3. The number of hydrogen-bond donors (Lipinski definition) is 1. The molecule has 0 aliphatic heterocycles. The average molecular weight is 386 g/mol. The minimum Gasteiger partial charge on any atom is -0.299 e. The van der Waals surface area contributed by atoms with Crippen LogP contribution in [0.3, 0.4) is 0 Å². The van der Waals surface area contributed by atoms with Gasteiger partial charge in [-0.1, -0.05) is 0 Å². The van der Waals surface area contributed by atoms with Crippen LogP contribution in [-0.2, 0) is 16.2 Å². The van der Waals surface area contributed by atoms with Crippen molar-refractivity contribution in [1.29, 1.82) is 0 Å². The van der Waals surface area contributed by atoms with Gasteiger partial charge in [-0.3, -0.25) is 9.55 Å². The molecule has 0 saturated carbocycles. The van der Waals surface area contributed by atoms with Crippen LogP contribution in [0.4, 0.5) is 17.6 Å². The molecule has 6 nitrogen and oxygen atoms in total. The zero-order valence-corrected chi connectivity index (χ0v) is 13.6. The summed E-state index contributed by atoms with van der Waals surface area (Å²) in [6.07, 6.45) is -1.92. The van der Waals surface area contributed by atoms with E-state index >= 15 is 0 Å². The Bertz CT molecular complexity index is 1060. The van der Waals surface area contributed by atoms with E-state index in [1.807, 2.05) is 0 Å². The Hall–Kier alpha value is -2.79. The first-order chi connectivity index (χ1) is 12.1. The fourth-order valence-corrected chi connectivity index (χ4v) is 2.76. The van der Waals surface area contributed by atoms with Crippen LogP contribution in [0, 0.1) is 5.82 Å². The van der Waals surface area contributed by atoms with Crippen LogP contribution in [-0.4, -0.2) is 23.0 Å². The van der Waals surface area contributed by atoms with Crippen molar-refractivity contribution in [3.05, 3.63) is 60.4 Å². The maximum atomic E-state index is 13.4. The molecule has 0 saturated heterocycles. The lowest BCUT2D eigenvalue weighted by Crippen LogP contribution is -2.12. The van der Waals surface area contributed by atoms with E-state index in [1.165, 1.54) is 18.3 Å². The van der Waals surface area contributed by atoms with Crippen molar-refractivity contribution in [2.75, 3.05) is 0 Å². The van der Waals surface area contributed by atoms with Crippen LogP contribution < -0.4 is 5.14 Å². The standard InChI is InChI=1S/C15H10F4N4O2S/c16-10-5-9(6-21-7-10)14-22-13(15(17,18)19)8-23(14)11-1-3-12(4-2-11)26(20,24)25/h1-8H,(H2,20,24,25). The minimum absolute atomic E-state index is 0.0241. The molecule has 136 valence electrons. The highest BCUT2D eigenvalue weighted by molar-refractivity contribution is 7.89. The van der Waals surface area contributed by atoms with Gasteiger partial charge in [0.05, 0.1) is 11.1 Å². The maximum absolute atomic E-state index is 13.4. The molecule has 0 radical (unpaired) electrons. The van der Waals surface area contributed by atoms with Crippen LogP contribution >= 0.6 is 0 Å². The lowest BCUT2D eigenvalue weighted by Gasteiger charge is -2.08. The number of hydrogen-bond acceptors (Lipinski definition) is 4. The SMILES string of the molecule is NS(=O)(=O)c1ccc(-n2cc(C(F)(F)F)nc2-c2cncc(F)c2)cc1. The van der Waals surface area contributed by atoms with Crippen molar-refractivity contribution >= 4 is 10.0 Å². The van der Waals surface area contributed by atoms with E-state index in [4.69, 9.17) is 5.14 Å². The molecule has 0 amide bonds. The molecule has 0 spiro atoms. The van der Waals surface area contributed by atoms with E-state index in [1.54, 1.807) is 0 Å². The summed E-state index contributed by atoms with van der Waals surface area (Å²) in [4.78, 5) is 6.93. The van der Waals surface area contributed by atoms with Crippen molar-refractivity contribution in [2.24, 2.45) is 5.14 Å². The number of aromatic nitrogens is 3. The van der Waals surface area contributed by atoms with E-state index < -0.39 is 27.7 Å². The van der Waals surface area contributed by atoms with Gasteiger partial charge in [-0.25, -0.2) is 22.9 Å². The molecular weight excluding hydrogens is 376 g/mol. The summed E-state index contributed by atoms with van der Waals surface area (Å²) in [5.74, 6) is -0.942. The predicted octanol–water partition coefficient (Wildman–Crippen LogP) is 2.74. The van der Waals surface area contributed by atoms with Crippen molar-refractivity contribution < 1.29 is 26.0 Å². The number of benzene rings is 1. The minimum atomic E-state index is -4.72. The Balaban J connectivity index is 2.18. The largest absolute Gasteiger partial charge is 0.434 e. The highest BCUT2D eigenvalue weighted by Gasteiger charge is 2.35. The molecule has 2 N–H and O–H groups in total. The first-order valence-electron chi connectivity index (χ1n) is 6.96. The summed E-state index contributed by atoms with van der Waals surface area (Å²) < 4.78 is 76.2. The Morgan fingerprint density at radius 2 is 1.73 bits per heavy atom. The van der Waals surface area contributed by atoms with Crippen LogP contribution in [0.2, 0.25) is 0 Å². The third kappa shape index (κ3) is 3.58. The van der Waals surface area contributed by atoms with Gasteiger partial charge in [0.25, 0.3) is 0 Å². The summed E-state index contributed by atoms with van der Waals surface area (Å²) in [5, 5.41) is 5.00. The first-order valence-corrected chi connectivity index (χ1v) is 8.51. The van der Waals surface area contributed by atoms with Crippen molar-refractivity contribution in [2.45, 2.75) is 11.1 Å². The van der Waals surface area contributed by atoms with Gasteiger partial charge < -0.3 is 0 Å². The molecule has 2 heterocycles. The number of halogens is 4. The second-order valence-electron chi connectivity index (χ2n) is 5.25. The highest BCUT2D eigenvalue weighted by Crippen LogP contribution is 2.32. The van der Waals surface area contributed by atoms with Crippen LogP contribution in [0.15, 0.2) is 53.8 Å². The van der Waals surface area contributed by atoms with Gasteiger partial charge in [0.1, 0.15) is 11.6 Å². The fraction of sp³-hybridized carbons (Fsp3) is 0.0667. The number of pyridine rings is 1. The zero-order chi connectivity index (χ0) is 19.1. The van der Waals surface area contributed by atoms with Crippen LogP contribution in [0.5, 0.6) is 0 Å². The average Bonchev–Trinajstić information content (AvgIpc) is 3.00. The second kappa shape index (κ2) is 6.18. The van der Waals surface area contributed by atoms with Crippen LogP contribution in [0.1, 0.15) is 5.69 Å². The van der Waals surface area contributed by atoms with Gasteiger partial charge in [-0.05, 0) is 30.3 Å². The smallest absolute Gasteiger partial charge is 0.299 e. The van der Waals surface area contributed by atoms with Gasteiger partial charge >= 0.3 is 6.18 Å². The lowest BCUT2D eigenvalue weighted by molar-refractivity contribution is -0.140. The molecule has 0 aliphatic rings. The molecule has 0 fully saturated rings. The van der Waals surface area contributed by atoms with E-state index in [0.29, 0.717) is 0 Å². The predicted molar refractivity (Wildman–Crippen MR) is 83.1 cm³/mol. The molecule has 0 bridgehead atoms. The summed E-state index contributed by atoms with van der Waals surface area (Å²) in [6, 6.07) is 5.80. The molecule has 11 heteroatoms. The Morgan fingerprint density at radius 1 is 1.08 bits per heavy atom. The molecule has 0 atom stereocenters. The molecule has 0 unspecified atom stereocenters. The third-order valence-corrected chi connectivity index (χ3v) is 4.33. The maximum Gasteiger partial charge on any atom is 0.434 e. The van der Waals surface area contributed by atoms with Gasteiger partial charge in [0, 0.05) is 23.6 Å². The Labute approximate surface area is 145 Å². The van der Waals surface area contributed by atoms with Gasteiger partial charge in [0.2, 0.25) is 10.0 Å².